The maximum absolute atomic E-state index is 14.1. The number of benzene rings is 1. The number of aromatic nitrogens is 1. The molecule has 0 spiro atoms. The van der Waals surface area contributed by atoms with E-state index in [1.165, 1.54) is 24.4 Å². The number of nitrogens with one attached hydrogen (secondary N) is 1. The van der Waals surface area contributed by atoms with Crippen molar-refractivity contribution in [1.29, 1.82) is 0 Å². The van der Waals surface area contributed by atoms with Crippen LogP contribution in [0, 0.1) is 11.6 Å². The molecule has 1 N–H and O–H groups in total. The third kappa shape index (κ3) is 4.16. The molecule has 0 aliphatic carbocycles. The lowest BCUT2D eigenvalue weighted by molar-refractivity contribution is 0.215. The number of hydrogen-bond donors (Lipinski definition) is 1. The minimum atomic E-state index is -0.550. The maximum Gasteiger partial charge on any atom is 0.321 e. The number of halogens is 4. The Morgan fingerprint density at radius 3 is 2.58 bits per heavy atom. The lowest BCUT2D eigenvalue weighted by Gasteiger charge is -2.24. The molecule has 0 unspecified atom stereocenters. The summed E-state index contributed by atoms with van der Waals surface area (Å²) in [6.45, 7) is 1.88. The zero-order valence-electron chi connectivity index (χ0n) is 13.7. The predicted octanol–water partition coefficient (Wildman–Crippen LogP) is 4.41. The molecule has 1 aromatic carbocycles. The third-order valence-corrected chi connectivity index (χ3v) is 4.66. The van der Waals surface area contributed by atoms with Gasteiger partial charge in [0.1, 0.15) is 5.82 Å². The molecular formula is C17H16Cl2F2N4O. The first-order chi connectivity index (χ1) is 12.5. The van der Waals surface area contributed by atoms with Gasteiger partial charge in [-0.25, -0.2) is 13.6 Å². The van der Waals surface area contributed by atoms with E-state index < -0.39 is 11.6 Å². The second-order valence-electron chi connectivity index (χ2n) is 5.84. The van der Waals surface area contributed by atoms with E-state index in [4.69, 9.17) is 23.2 Å². The van der Waals surface area contributed by atoms with E-state index in [0.29, 0.717) is 44.0 Å². The summed E-state index contributed by atoms with van der Waals surface area (Å²) in [5, 5.41) is 2.87. The van der Waals surface area contributed by atoms with Crippen LogP contribution in [0.25, 0.3) is 0 Å². The Morgan fingerprint density at radius 2 is 1.85 bits per heavy atom. The lowest BCUT2D eigenvalue weighted by Crippen LogP contribution is -2.38. The molecule has 26 heavy (non-hydrogen) atoms. The molecule has 0 saturated carbocycles. The van der Waals surface area contributed by atoms with E-state index >= 15 is 0 Å². The van der Waals surface area contributed by atoms with Crippen LogP contribution in [0.5, 0.6) is 0 Å². The van der Waals surface area contributed by atoms with Crippen molar-refractivity contribution in [2.75, 3.05) is 36.4 Å². The molecule has 0 atom stereocenters. The summed E-state index contributed by atoms with van der Waals surface area (Å²) >= 11 is 11.8. The van der Waals surface area contributed by atoms with Gasteiger partial charge in [0.25, 0.3) is 0 Å². The van der Waals surface area contributed by atoms with E-state index in [1.807, 2.05) is 0 Å². The highest BCUT2D eigenvalue weighted by molar-refractivity contribution is 6.33. The van der Waals surface area contributed by atoms with Crippen LogP contribution in [0.4, 0.5) is 25.0 Å². The summed E-state index contributed by atoms with van der Waals surface area (Å²) in [5.41, 5.74) is 0.708. The number of rotatable bonds is 2. The van der Waals surface area contributed by atoms with Gasteiger partial charge in [-0.1, -0.05) is 23.2 Å². The zero-order chi connectivity index (χ0) is 18.7. The summed E-state index contributed by atoms with van der Waals surface area (Å²) in [6.07, 6.45) is 3.16. The van der Waals surface area contributed by atoms with Gasteiger partial charge >= 0.3 is 6.03 Å². The van der Waals surface area contributed by atoms with Crippen molar-refractivity contribution in [2.45, 2.75) is 6.42 Å². The summed E-state index contributed by atoms with van der Waals surface area (Å²) in [4.78, 5) is 19.6. The van der Waals surface area contributed by atoms with E-state index in [2.05, 4.69) is 10.3 Å². The number of hydrogen-bond acceptors (Lipinski definition) is 3. The number of carbonyl (C=O) groups is 1. The lowest BCUT2D eigenvalue weighted by atomic mass is 10.3. The van der Waals surface area contributed by atoms with Gasteiger partial charge in [0, 0.05) is 38.1 Å². The topological polar surface area (TPSA) is 48.5 Å². The number of anilines is 2. The fourth-order valence-corrected chi connectivity index (χ4v) is 3.27. The first kappa shape index (κ1) is 18.7. The number of pyridine rings is 1. The highest BCUT2D eigenvalue weighted by Crippen LogP contribution is 2.28. The number of urea groups is 1. The van der Waals surface area contributed by atoms with Crippen LogP contribution in [-0.4, -0.2) is 42.1 Å². The van der Waals surface area contributed by atoms with Gasteiger partial charge < -0.3 is 15.1 Å². The standard InChI is InChI=1S/C17H16Cl2F2N4O/c18-12-8-11(2-3-14(12)20)23-17(26)25-5-1-4-24(6-7-25)16-13(19)9-22-10-15(16)21/h2-3,8-10H,1,4-7H2,(H,23,26). The average Bonchev–Trinajstić information content (AvgIpc) is 2.84. The van der Waals surface area contributed by atoms with Gasteiger partial charge in [0.05, 0.1) is 21.9 Å². The molecule has 0 radical (unpaired) electrons. The normalized spacial score (nSPS) is 14.9. The maximum atomic E-state index is 14.1. The van der Waals surface area contributed by atoms with Gasteiger partial charge in [-0.05, 0) is 24.6 Å². The Morgan fingerprint density at radius 1 is 1.04 bits per heavy atom. The first-order valence-corrected chi connectivity index (χ1v) is 8.76. The SMILES string of the molecule is O=C(Nc1ccc(F)c(Cl)c1)N1CCCN(c2c(F)cncc2Cl)CC1. The number of amides is 2. The predicted molar refractivity (Wildman–Crippen MR) is 98.0 cm³/mol. The molecule has 0 bridgehead atoms. The van der Waals surface area contributed by atoms with Gasteiger partial charge in [-0.15, -0.1) is 0 Å². The molecule has 1 aliphatic heterocycles. The quantitative estimate of drug-likeness (QED) is 0.811. The van der Waals surface area contributed by atoms with E-state index in [0.717, 1.165) is 6.20 Å². The molecule has 3 rings (SSSR count). The van der Waals surface area contributed by atoms with Crippen LogP contribution in [-0.2, 0) is 0 Å². The second-order valence-corrected chi connectivity index (χ2v) is 6.65. The zero-order valence-corrected chi connectivity index (χ0v) is 15.2. The van der Waals surface area contributed by atoms with Gasteiger partial charge in [0.15, 0.2) is 5.82 Å². The Balaban J connectivity index is 1.66. The van der Waals surface area contributed by atoms with Gasteiger partial charge in [0.2, 0.25) is 0 Å². The molecule has 2 amide bonds. The van der Waals surface area contributed by atoms with Crippen molar-refractivity contribution in [1.82, 2.24) is 9.88 Å². The number of nitrogens with zero attached hydrogens (tertiary/aromatic N) is 3. The molecule has 1 saturated heterocycles. The Bertz CT molecular complexity index is 801. The van der Waals surface area contributed by atoms with E-state index in [-0.39, 0.29) is 16.1 Å². The minimum Gasteiger partial charge on any atom is -0.366 e. The largest absolute Gasteiger partial charge is 0.366 e. The monoisotopic (exact) mass is 400 g/mol. The smallest absolute Gasteiger partial charge is 0.321 e. The van der Waals surface area contributed by atoms with Crippen molar-refractivity contribution in [2.24, 2.45) is 0 Å². The average molecular weight is 401 g/mol. The van der Waals surface area contributed by atoms with Gasteiger partial charge in [-0.3, -0.25) is 4.98 Å². The molecule has 1 aromatic heterocycles. The molecular weight excluding hydrogens is 385 g/mol. The highest BCUT2D eigenvalue weighted by Gasteiger charge is 2.22. The van der Waals surface area contributed by atoms with Crippen molar-refractivity contribution in [3.63, 3.8) is 0 Å². The second kappa shape index (κ2) is 8.05. The molecule has 9 heteroatoms. The van der Waals surface area contributed by atoms with Crippen molar-refractivity contribution < 1.29 is 13.6 Å². The highest BCUT2D eigenvalue weighted by atomic mass is 35.5. The van der Waals surface area contributed by atoms with Crippen LogP contribution in [0.1, 0.15) is 6.42 Å². The molecule has 138 valence electrons. The summed E-state index contributed by atoms with van der Waals surface area (Å²) in [7, 11) is 0. The van der Waals surface area contributed by atoms with Crippen molar-refractivity contribution >= 4 is 40.6 Å². The molecule has 1 aliphatic rings. The molecule has 1 fully saturated rings. The van der Waals surface area contributed by atoms with E-state index in [1.54, 1.807) is 9.80 Å². The molecule has 2 heterocycles. The van der Waals surface area contributed by atoms with Crippen molar-refractivity contribution in [3.05, 3.63) is 52.3 Å². The first-order valence-electron chi connectivity index (χ1n) is 8.00. The third-order valence-electron chi connectivity index (χ3n) is 4.10. The molecule has 2 aromatic rings. The van der Waals surface area contributed by atoms with Crippen LogP contribution >= 0.6 is 23.2 Å². The van der Waals surface area contributed by atoms with Crippen LogP contribution < -0.4 is 10.2 Å². The Hall–Kier alpha value is -2.12. The van der Waals surface area contributed by atoms with Crippen molar-refractivity contribution in [3.8, 4) is 0 Å². The summed E-state index contributed by atoms with van der Waals surface area (Å²) < 4.78 is 27.3. The van der Waals surface area contributed by atoms with Crippen LogP contribution in [0.3, 0.4) is 0 Å². The molecule has 5 nitrogen and oxygen atoms in total. The summed E-state index contributed by atoms with van der Waals surface area (Å²) in [6, 6.07) is 3.66. The summed E-state index contributed by atoms with van der Waals surface area (Å²) in [5.74, 6) is -1.04. The fourth-order valence-electron chi connectivity index (χ4n) is 2.83. The minimum absolute atomic E-state index is 0.0624. The Kier molecular flexibility index (Phi) is 5.78. The number of carbonyl (C=O) groups excluding carboxylic acids is 1. The fraction of sp³-hybridized carbons (Fsp3) is 0.294. The van der Waals surface area contributed by atoms with Crippen LogP contribution in [0.2, 0.25) is 10.0 Å². The Labute approximate surface area is 159 Å². The van der Waals surface area contributed by atoms with E-state index in [9.17, 15) is 13.6 Å². The van der Waals surface area contributed by atoms with Crippen LogP contribution in [0.15, 0.2) is 30.6 Å². The van der Waals surface area contributed by atoms with Gasteiger partial charge in [-0.2, -0.15) is 0 Å².